The van der Waals surface area contributed by atoms with E-state index in [0.29, 0.717) is 92.3 Å². The van der Waals surface area contributed by atoms with Crippen LogP contribution in [0.2, 0.25) is 0 Å². The lowest BCUT2D eigenvalue weighted by Gasteiger charge is -2.08. The van der Waals surface area contributed by atoms with Crippen LogP contribution in [0, 0.1) is 0 Å². The molecular weight excluding hydrogens is 432 g/mol. The van der Waals surface area contributed by atoms with Crippen molar-refractivity contribution in [2.24, 2.45) is 0 Å². The van der Waals surface area contributed by atoms with Crippen LogP contribution in [0.3, 0.4) is 0 Å². The molecule has 198 valence electrons. The predicted octanol–water partition coefficient (Wildman–Crippen LogP) is 3.03. The van der Waals surface area contributed by atoms with Gasteiger partial charge in [-0.05, 0) is 12.8 Å². The first-order valence-electron chi connectivity index (χ1n) is 12.5. The summed E-state index contributed by atoms with van der Waals surface area (Å²) in [4.78, 5) is 11.1. The van der Waals surface area contributed by atoms with Gasteiger partial charge in [0.25, 0.3) is 0 Å². The molecule has 0 saturated carbocycles. The number of carbonyl (C=O) groups is 1. The monoisotopic (exact) mass is 480 g/mol. The van der Waals surface area contributed by atoms with Gasteiger partial charge in [-0.3, -0.25) is 4.79 Å². The summed E-state index contributed by atoms with van der Waals surface area (Å²) in [5.74, 6) is -0.180. The van der Waals surface area contributed by atoms with E-state index < -0.39 is 0 Å². The Hall–Kier alpha value is -0.810. The Balaban J connectivity index is 3.03. The number of hydrogen-bond acceptors (Lipinski definition) is 9. The molecule has 0 unspecified atom stereocenters. The molecule has 9 nitrogen and oxygen atoms in total. The second-order valence-corrected chi connectivity index (χ2v) is 7.32. The molecule has 0 N–H and O–H groups in total. The number of ether oxygens (including phenoxy) is 8. The van der Waals surface area contributed by atoms with Gasteiger partial charge in [-0.2, -0.15) is 0 Å². The minimum atomic E-state index is -0.180. The summed E-state index contributed by atoms with van der Waals surface area (Å²) in [6.45, 7) is 12.1. The van der Waals surface area contributed by atoms with Crippen LogP contribution in [0.5, 0.6) is 0 Å². The van der Waals surface area contributed by atoms with Gasteiger partial charge in [-0.25, -0.2) is 0 Å². The highest BCUT2D eigenvalue weighted by atomic mass is 16.6. The minimum Gasteiger partial charge on any atom is -0.463 e. The summed E-state index contributed by atoms with van der Waals surface area (Å²) in [7, 11) is 0. The van der Waals surface area contributed by atoms with Gasteiger partial charge in [0.15, 0.2) is 0 Å². The molecule has 0 saturated heterocycles. The molecule has 0 rings (SSSR count). The summed E-state index contributed by atoms with van der Waals surface area (Å²) < 4.78 is 43.0. The normalized spacial score (nSPS) is 11.2. The van der Waals surface area contributed by atoms with Gasteiger partial charge in [0.1, 0.15) is 6.61 Å². The minimum absolute atomic E-state index is 0.180. The van der Waals surface area contributed by atoms with Crippen molar-refractivity contribution in [3.05, 3.63) is 0 Å². The maximum Gasteiger partial charge on any atom is 0.305 e. The molecule has 0 aliphatic heterocycles. The molecule has 0 amide bonds. The third kappa shape index (κ3) is 29.2. The summed E-state index contributed by atoms with van der Waals surface area (Å²) in [6.07, 6.45) is 6.15. The Labute approximate surface area is 200 Å². The van der Waals surface area contributed by atoms with Crippen molar-refractivity contribution < 1.29 is 42.7 Å². The molecule has 0 atom stereocenters. The third-order valence-electron chi connectivity index (χ3n) is 4.32. The Morgan fingerprint density at radius 2 is 0.788 bits per heavy atom. The van der Waals surface area contributed by atoms with Crippen molar-refractivity contribution in [1.29, 1.82) is 0 Å². The highest BCUT2D eigenvalue weighted by molar-refractivity contribution is 5.69. The fraction of sp³-hybridized carbons (Fsp3) is 0.958. The number of carbonyl (C=O) groups excluding carboxylic acids is 1. The van der Waals surface area contributed by atoms with Gasteiger partial charge in [-0.15, -0.1) is 0 Å². The van der Waals surface area contributed by atoms with E-state index in [1.807, 2.05) is 6.92 Å². The molecule has 0 aliphatic carbocycles. The van der Waals surface area contributed by atoms with Crippen LogP contribution in [0.4, 0.5) is 0 Å². The molecule has 33 heavy (non-hydrogen) atoms. The molecule has 0 aromatic heterocycles. The van der Waals surface area contributed by atoms with Gasteiger partial charge in [0.2, 0.25) is 0 Å². The van der Waals surface area contributed by atoms with E-state index in [-0.39, 0.29) is 12.6 Å². The first-order chi connectivity index (χ1) is 16.3. The zero-order valence-electron chi connectivity index (χ0n) is 21.0. The molecule has 0 spiro atoms. The van der Waals surface area contributed by atoms with Crippen LogP contribution in [-0.4, -0.2) is 105 Å². The van der Waals surface area contributed by atoms with Crippen molar-refractivity contribution in [3.63, 3.8) is 0 Å². The van der Waals surface area contributed by atoms with E-state index >= 15 is 0 Å². The first-order valence-corrected chi connectivity index (χ1v) is 12.5. The lowest BCUT2D eigenvalue weighted by atomic mass is 10.2. The Morgan fingerprint density at radius 3 is 1.15 bits per heavy atom. The molecule has 0 heterocycles. The Morgan fingerprint density at radius 1 is 0.424 bits per heavy atom. The van der Waals surface area contributed by atoms with E-state index in [4.69, 9.17) is 37.9 Å². The summed E-state index contributed by atoms with van der Waals surface area (Å²) in [5, 5.41) is 0. The standard InChI is InChI=1S/C24H48O9/c1-3-5-6-7-9-26-10-11-27-12-13-28-14-15-29-16-17-30-18-19-31-20-21-32-22-23-33-24(25)8-4-2/h3-23H2,1-2H3. The highest BCUT2D eigenvalue weighted by Crippen LogP contribution is 1.98. The summed E-state index contributed by atoms with van der Waals surface area (Å²) in [5.41, 5.74) is 0. The molecule has 0 aliphatic rings. The quantitative estimate of drug-likeness (QED) is 0.124. The molecule has 0 bridgehead atoms. The fourth-order valence-corrected chi connectivity index (χ4v) is 2.54. The molecule has 0 radical (unpaired) electrons. The van der Waals surface area contributed by atoms with Gasteiger partial charge in [0.05, 0.1) is 85.9 Å². The first kappa shape index (κ1) is 32.2. The fourth-order valence-electron chi connectivity index (χ4n) is 2.54. The van der Waals surface area contributed by atoms with Crippen molar-refractivity contribution in [2.75, 3.05) is 99.1 Å². The Kier molecular flexibility index (Phi) is 28.5. The summed E-state index contributed by atoms with van der Waals surface area (Å²) in [6, 6.07) is 0. The molecule has 0 aromatic rings. The van der Waals surface area contributed by atoms with E-state index in [1.165, 1.54) is 19.3 Å². The van der Waals surface area contributed by atoms with Crippen LogP contribution >= 0.6 is 0 Å². The van der Waals surface area contributed by atoms with Gasteiger partial charge in [0, 0.05) is 13.0 Å². The van der Waals surface area contributed by atoms with E-state index in [2.05, 4.69) is 6.92 Å². The van der Waals surface area contributed by atoms with Crippen molar-refractivity contribution in [3.8, 4) is 0 Å². The zero-order valence-corrected chi connectivity index (χ0v) is 21.0. The van der Waals surface area contributed by atoms with Gasteiger partial charge < -0.3 is 37.9 Å². The summed E-state index contributed by atoms with van der Waals surface area (Å²) >= 11 is 0. The zero-order chi connectivity index (χ0) is 24.1. The number of rotatable bonds is 28. The van der Waals surface area contributed by atoms with Crippen molar-refractivity contribution >= 4 is 5.97 Å². The van der Waals surface area contributed by atoms with Crippen LogP contribution in [0.15, 0.2) is 0 Å². The average Bonchev–Trinajstić information content (AvgIpc) is 2.81. The molecule has 0 aromatic carbocycles. The van der Waals surface area contributed by atoms with Crippen LogP contribution < -0.4 is 0 Å². The lowest BCUT2D eigenvalue weighted by Crippen LogP contribution is -2.15. The largest absolute Gasteiger partial charge is 0.463 e. The second kappa shape index (κ2) is 29.2. The maximum absolute atomic E-state index is 11.1. The molecular formula is C24H48O9. The van der Waals surface area contributed by atoms with Crippen molar-refractivity contribution in [2.45, 2.75) is 52.4 Å². The van der Waals surface area contributed by atoms with Crippen molar-refractivity contribution in [1.82, 2.24) is 0 Å². The Bertz CT molecular complexity index is 383. The highest BCUT2D eigenvalue weighted by Gasteiger charge is 2.00. The smallest absolute Gasteiger partial charge is 0.305 e. The van der Waals surface area contributed by atoms with E-state index in [0.717, 1.165) is 19.4 Å². The molecule has 0 fully saturated rings. The SMILES string of the molecule is CCCCCCOCCOCCOCCOCCOCCOCCOCCOC(=O)CCC. The maximum atomic E-state index is 11.1. The third-order valence-corrected chi connectivity index (χ3v) is 4.32. The topological polar surface area (TPSA) is 90.9 Å². The number of hydrogen-bond donors (Lipinski definition) is 0. The van der Waals surface area contributed by atoms with E-state index in [9.17, 15) is 4.79 Å². The van der Waals surface area contributed by atoms with Crippen LogP contribution in [-0.2, 0) is 42.7 Å². The van der Waals surface area contributed by atoms with Gasteiger partial charge in [-0.1, -0.05) is 33.1 Å². The average molecular weight is 481 g/mol. The van der Waals surface area contributed by atoms with Crippen LogP contribution in [0.1, 0.15) is 52.4 Å². The number of esters is 1. The van der Waals surface area contributed by atoms with Crippen LogP contribution in [0.25, 0.3) is 0 Å². The second-order valence-electron chi connectivity index (χ2n) is 7.32. The predicted molar refractivity (Wildman–Crippen MR) is 126 cm³/mol. The number of unbranched alkanes of at least 4 members (excludes halogenated alkanes) is 3. The molecule has 9 heteroatoms. The lowest BCUT2D eigenvalue weighted by molar-refractivity contribution is -0.145. The van der Waals surface area contributed by atoms with E-state index in [1.54, 1.807) is 0 Å². The van der Waals surface area contributed by atoms with Gasteiger partial charge >= 0.3 is 5.97 Å².